The molecule has 0 amide bonds. The van der Waals surface area contributed by atoms with Gasteiger partial charge in [0.15, 0.2) is 0 Å². The van der Waals surface area contributed by atoms with Crippen LogP contribution in [0, 0.1) is 11.3 Å². The van der Waals surface area contributed by atoms with Gasteiger partial charge >= 0.3 is 0 Å². The molecule has 4 heteroatoms. The van der Waals surface area contributed by atoms with E-state index in [1.54, 1.807) is 0 Å². The highest BCUT2D eigenvalue weighted by molar-refractivity contribution is 6.45. The number of rotatable bonds is 3. The van der Waals surface area contributed by atoms with Crippen molar-refractivity contribution in [1.29, 1.82) is 5.41 Å². The van der Waals surface area contributed by atoms with Crippen LogP contribution in [0.25, 0.3) is 0 Å². The quantitative estimate of drug-likeness (QED) is 0.479. The lowest BCUT2D eigenvalue weighted by Crippen LogP contribution is -2.30. The second kappa shape index (κ2) is 3.47. The molecule has 4 nitrogen and oxygen atoms in total. The van der Waals surface area contributed by atoms with Crippen LogP contribution in [-0.2, 0) is 0 Å². The first-order valence-corrected chi connectivity index (χ1v) is 4.19. The van der Waals surface area contributed by atoms with Gasteiger partial charge in [-0.3, -0.25) is 5.41 Å². The lowest BCUT2D eigenvalue weighted by molar-refractivity contribution is 0.858. The molecule has 0 saturated carbocycles. The van der Waals surface area contributed by atoms with Gasteiger partial charge in [-0.25, -0.2) is 0 Å². The number of hydrogen-bond donors (Lipinski definition) is 2. The summed E-state index contributed by atoms with van der Waals surface area (Å²) in [6.07, 6.45) is 1.81. The standard InChI is InChI=1S/C8H14N4/c1-3-5-6(4-2)11-12-7(5)8(9)10/h5H,3-4H2,1-2H3,(H3,9,10). The molecule has 1 aliphatic heterocycles. The molecule has 0 aromatic rings. The first kappa shape index (κ1) is 8.90. The van der Waals surface area contributed by atoms with E-state index in [0.29, 0.717) is 5.71 Å². The van der Waals surface area contributed by atoms with Gasteiger partial charge in [0.1, 0.15) is 11.5 Å². The van der Waals surface area contributed by atoms with E-state index in [4.69, 9.17) is 11.1 Å². The van der Waals surface area contributed by atoms with Crippen molar-refractivity contribution in [1.82, 2.24) is 0 Å². The Bertz CT molecular complexity index is 252. The minimum absolute atomic E-state index is 0.0500. The smallest absolute Gasteiger partial charge is 0.140 e. The second-order valence-electron chi connectivity index (χ2n) is 2.80. The maximum Gasteiger partial charge on any atom is 0.140 e. The average Bonchev–Trinajstić information content (AvgIpc) is 2.46. The van der Waals surface area contributed by atoms with Crippen molar-refractivity contribution < 1.29 is 0 Å². The maximum absolute atomic E-state index is 7.26. The van der Waals surface area contributed by atoms with Crippen molar-refractivity contribution in [3.8, 4) is 0 Å². The number of nitrogens with zero attached hydrogens (tertiary/aromatic N) is 2. The Kier molecular flexibility index (Phi) is 2.58. The van der Waals surface area contributed by atoms with Crippen LogP contribution in [0.3, 0.4) is 0 Å². The Labute approximate surface area is 72.1 Å². The van der Waals surface area contributed by atoms with Crippen molar-refractivity contribution in [2.24, 2.45) is 21.9 Å². The Morgan fingerprint density at radius 3 is 2.58 bits per heavy atom. The lowest BCUT2D eigenvalue weighted by atomic mass is 9.93. The van der Waals surface area contributed by atoms with Gasteiger partial charge in [-0.15, -0.1) is 0 Å². The molecule has 1 aliphatic rings. The summed E-state index contributed by atoms with van der Waals surface area (Å²) in [5, 5.41) is 15.2. The Hall–Kier alpha value is -1.19. The summed E-state index contributed by atoms with van der Waals surface area (Å²) in [4.78, 5) is 0. The zero-order chi connectivity index (χ0) is 9.14. The number of nitrogens with one attached hydrogen (secondary N) is 1. The monoisotopic (exact) mass is 166 g/mol. The minimum Gasteiger partial charge on any atom is -0.383 e. The van der Waals surface area contributed by atoms with Crippen molar-refractivity contribution in [2.75, 3.05) is 0 Å². The summed E-state index contributed by atoms with van der Waals surface area (Å²) in [6, 6.07) is 0. The van der Waals surface area contributed by atoms with Crippen molar-refractivity contribution in [3.63, 3.8) is 0 Å². The molecule has 66 valence electrons. The molecule has 3 N–H and O–H groups in total. The highest BCUT2D eigenvalue weighted by Gasteiger charge is 2.25. The lowest BCUT2D eigenvalue weighted by Gasteiger charge is -2.10. The molecule has 0 fully saturated rings. The molecule has 1 heterocycles. The summed E-state index contributed by atoms with van der Waals surface area (Å²) >= 11 is 0. The van der Waals surface area contributed by atoms with Gasteiger partial charge in [-0.1, -0.05) is 13.8 Å². The fraction of sp³-hybridized carbons (Fsp3) is 0.625. The average molecular weight is 166 g/mol. The van der Waals surface area contributed by atoms with Crippen molar-refractivity contribution in [2.45, 2.75) is 26.7 Å². The predicted octanol–water partition coefficient (Wildman–Crippen LogP) is 1.17. The molecular weight excluding hydrogens is 152 g/mol. The van der Waals surface area contributed by atoms with E-state index in [1.165, 1.54) is 0 Å². The van der Waals surface area contributed by atoms with Crippen LogP contribution < -0.4 is 5.73 Å². The van der Waals surface area contributed by atoms with Crippen molar-refractivity contribution in [3.05, 3.63) is 0 Å². The van der Waals surface area contributed by atoms with Crippen LogP contribution in [-0.4, -0.2) is 17.3 Å². The van der Waals surface area contributed by atoms with Crippen LogP contribution >= 0.6 is 0 Å². The first-order valence-electron chi connectivity index (χ1n) is 4.19. The highest BCUT2D eigenvalue weighted by Crippen LogP contribution is 2.17. The van der Waals surface area contributed by atoms with E-state index < -0.39 is 0 Å². The number of hydrogen-bond acceptors (Lipinski definition) is 3. The summed E-state index contributed by atoms with van der Waals surface area (Å²) in [6.45, 7) is 4.10. The van der Waals surface area contributed by atoms with Gasteiger partial charge in [0.25, 0.3) is 0 Å². The molecule has 0 aromatic heterocycles. The van der Waals surface area contributed by atoms with Gasteiger partial charge < -0.3 is 5.73 Å². The molecule has 0 aliphatic carbocycles. The van der Waals surface area contributed by atoms with E-state index in [1.807, 2.05) is 6.92 Å². The fourth-order valence-corrected chi connectivity index (χ4v) is 1.40. The van der Waals surface area contributed by atoms with E-state index in [9.17, 15) is 0 Å². The van der Waals surface area contributed by atoms with Gasteiger partial charge in [0, 0.05) is 11.6 Å². The summed E-state index contributed by atoms with van der Waals surface area (Å²) in [7, 11) is 0. The number of nitrogens with two attached hydrogens (primary N) is 1. The third kappa shape index (κ3) is 1.37. The molecule has 0 radical (unpaired) electrons. The van der Waals surface area contributed by atoms with Gasteiger partial charge in [-0.05, 0) is 12.8 Å². The van der Waals surface area contributed by atoms with Crippen LogP contribution in [0.4, 0.5) is 0 Å². The van der Waals surface area contributed by atoms with Gasteiger partial charge in [-0.2, -0.15) is 10.2 Å². The molecule has 12 heavy (non-hydrogen) atoms. The van der Waals surface area contributed by atoms with Crippen LogP contribution in [0.5, 0.6) is 0 Å². The van der Waals surface area contributed by atoms with Gasteiger partial charge in [0.2, 0.25) is 0 Å². The van der Waals surface area contributed by atoms with E-state index in [0.717, 1.165) is 18.6 Å². The molecule has 1 atom stereocenters. The van der Waals surface area contributed by atoms with Crippen LogP contribution in [0.15, 0.2) is 10.2 Å². The normalized spacial score (nSPS) is 22.0. The predicted molar refractivity (Wildman–Crippen MR) is 50.9 cm³/mol. The maximum atomic E-state index is 7.26. The SMILES string of the molecule is CCC1=NN=C(C(=N)N)C1CC. The Morgan fingerprint density at radius 1 is 1.50 bits per heavy atom. The van der Waals surface area contributed by atoms with Gasteiger partial charge in [0.05, 0.1) is 0 Å². The van der Waals surface area contributed by atoms with Crippen LogP contribution in [0.1, 0.15) is 26.7 Å². The third-order valence-electron chi connectivity index (χ3n) is 2.06. The molecule has 0 aromatic carbocycles. The Balaban J connectivity index is 2.80. The molecule has 0 saturated heterocycles. The van der Waals surface area contributed by atoms with Crippen molar-refractivity contribution >= 4 is 17.3 Å². The molecule has 1 unspecified atom stereocenters. The first-order chi connectivity index (χ1) is 5.70. The fourth-order valence-electron chi connectivity index (χ4n) is 1.40. The minimum atomic E-state index is 0.0500. The van der Waals surface area contributed by atoms with E-state index in [2.05, 4.69) is 17.1 Å². The molecule has 1 rings (SSSR count). The molecule has 0 spiro atoms. The third-order valence-corrected chi connectivity index (χ3v) is 2.06. The summed E-state index contributed by atoms with van der Waals surface area (Å²) in [5.74, 6) is 0.238. The van der Waals surface area contributed by atoms with E-state index in [-0.39, 0.29) is 11.8 Å². The zero-order valence-corrected chi connectivity index (χ0v) is 7.46. The van der Waals surface area contributed by atoms with Crippen LogP contribution in [0.2, 0.25) is 0 Å². The molecular formula is C8H14N4. The highest BCUT2D eigenvalue weighted by atomic mass is 15.2. The second-order valence-corrected chi connectivity index (χ2v) is 2.80. The van der Waals surface area contributed by atoms with E-state index >= 15 is 0 Å². The summed E-state index contributed by atoms with van der Waals surface area (Å²) in [5.41, 5.74) is 7.04. The zero-order valence-electron chi connectivity index (χ0n) is 7.46. The Morgan fingerprint density at radius 2 is 2.17 bits per heavy atom. The topological polar surface area (TPSA) is 74.6 Å². The largest absolute Gasteiger partial charge is 0.383 e. The summed E-state index contributed by atoms with van der Waals surface area (Å²) < 4.78 is 0. The number of amidine groups is 1. The molecule has 0 bridgehead atoms.